The Hall–Kier alpha value is -0.790. The number of hydrogen-bond acceptors (Lipinski definition) is 4. The first-order chi connectivity index (χ1) is 7.12. The molecule has 0 bridgehead atoms. The minimum atomic E-state index is -3.91. The van der Waals surface area contributed by atoms with E-state index in [1.165, 1.54) is 24.3 Å². The number of anilines is 1. The summed E-state index contributed by atoms with van der Waals surface area (Å²) in [6.07, 6.45) is 1.63. The van der Waals surface area contributed by atoms with Crippen molar-refractivity contribution in [2.75, 3.05) is 16.2 Å². The van der Waals surface area contributed by atoms with Crippen molar-refractivity contribution < 1.29 is 16.8 Å². The molecule has 1 rings (SSSR count). The summed E-state index contributed by atoms with van der Waals surface area (Å²) in [5.41, 5.74) is -0.00231. The second-order valence-corrected chi connectivity index (χ2v) is 7.53. The fourth-order valence-corrected chi connectivity index (χ4v) is 4.36. The Kier molecular flexibility index (Phi) is 3.51. The van der Waals surface area contributed by atoms with Gasteiger partial charge in [0.2, 0.25) is 20.0 Å². The number of benzene rings is 1. The van der Waals surface area contributed by atoms with E-state index >= 15 is 0 Å². The van der Waals surface area contributed by atoms with Crippen LogP contribution < -0.4 is 3.71 Å². The van der Waals surface area contributed by atoms with Crippen LogP contribution >= 0.6 is 11.6 Å². The van der Waals surface area contributed by atoms with Crippen LogP contribution in [0.25, 0.3) is 0 Å². The van der Waals surface area contributed by atoms with Gasteiger partial charge in [0.1, 0.15) is 0 Å². The Labute approximate surface area is 99.7 Å². The number of halogens is 1. The summed E-state index contributed by atoms with van der Waals surface area (Å²) >= 11 is 5.67. The highest BCUT2D eigenvalue weighted by atomic mass is 35.5. The van der Waals surface area contributed by atoms with Crippen LogP contribution in [0.4, 0.5) is 5.69 Å². The quantitative estimate of drug-likeness (QED) is 0.832. The third-order valence-corrected chi connectivity index (χ3v) is 5.11. The zero-order chi connectivity index (χ0) is 12.6. The minimum absolute atomic E-state index is 0.00231. The predicted molar refractivity (Wildman–Crippen MR) is 63.6 cm³/mol. The monoisotopic (exact) mass is 283 g/mol. The predicted octanol–water partition coefficient (Wildman–Crippen LogP) is 1.07. The second kappa shape index (κ2) is 4.23. The highest BCUT2D eigenvalue weighted by molar-refractivity contribution is 8.09. The standard InChI is InChI=1S/C8H10ClNO4S2/c1-15(11,12)10(16(2,13)14)8-5-3-4-7(9)6-8/h3-6H,1-2H3. The molecule has 0 atom stereocenters. The number of nitrogens with zero attached hydrogens (tertiary/aromatic N) is 1. The summed E-state index contributed by atoms with van der Waals surface area (Å²) in [6.45, 7) is 0. The van der Waals surface area contributed by atoms with Crippen molar-refractivity contribution in [2.24, 2.45) is 0 Å². The zero-order valence-corrected chi connectivity index (χ0v) is 11.0. The first-order valence-corrected chi connectivity index (χ1v) is 8.16. The molecule has 0 unspecified atom stereocenters. The Balaban J connectivity index is 3.47. The molecule has 0 aliphatic carbocycles. The van der Waals surface area contributed by atoms with Crippen molar-refractivity contribution in [3.8, 4) is 0 Å². The molecule has 0 aliphatic heterocycles. The molecule has 16 heavy (non-hydrogen) atoms. The van der Waals surface area contributed by atoms with Crippen LogP contribution in [-0.4, -0.2) is 29.3 Å². The van der Waals surface area contributed by atoms with E-state index in [4.69, 9.17) is 11.6 Å². The van der Waals surface area contributed by atoms with Crippen LogP contribution in [0, 0.1) is 0 Å². The van der Waals surface area contributed by atoms with Crippen molar-refractivity contribution in [3.63, 3.8) is 0 Å². The van der Waals surface area contributed by atoms with Crippen LogP contribution in [0.3, 0.4) is 0 Å². The van der Waals surface area contributed by atoms with Crippen LogP contribution in [0.5, 0.6) is 0 Å². The summed E-state index contributed by atoms with van der Waals surface area (Å²) in [7, 11) is -7.81. The Bertz CT molecular complexity index is 562. The van der Waals surface area contributed by atoms with Gasteiger partial charge in [-0.2, -0.15) is 3.71 Å². The van der Waals surface area contributed by atoms with E-state index in [2.05, 4.69) is 0 Å². The molecule has 8 heteroatoms. The molecule has 5 nitrogen and oxygen atoms in total. The molecule has 90 valence electrons. The largest absolute Gasteiger partial charge is 0.245 e. The molecule has 0 amide bonds. The normalized spacial score (nSPS) is 12.4. The highest BCUT2D eigenvalue weighted by Crippen LogP contribution is 2.23. The first kappa shape index (κ1) is 13.3. The van der Waals surface area contributed by atoms with Gasteiger partial charge in [-0.25, -0.2) is 16.8 Å². The van der Waals surface area contributed by atoms with Crippen molar-refractivity contribution in [1.82, 2.24) is 0 Å². The van der Waals surface area contributed by atoms with E-state index in [1.807, 2.05) is 0 Å². The van der Waals surface area contributed by atoms with Crippen molar-refractivity contribution in [2.45, 2.75) is 0 Å². The Morgan fingerprint density at radius 3 is 1.94 bits per heavy atom. The molecule has 1 aromatic rings. The summed E-state index contributed by atoms with van der Waals surface area (Å²) < 4.78 is 45.9. The third-order valence-electron chi connectivity index (χ3n) is 1.62. The van der Waals surface area contributed by atoms with Gasteiger partial charge in [0.15, 0.2) is 0 Å². The van der Waals surface area contributed by atoms with Crippen molar-refractivity contribution >= 4 is 37.3 Å². The fourth-order valence-electron chi connectivity index (χ4n) is 1.22. The maximum absolute atomic E-state index is 11.4. The van der Waals surface area contributed by atoms with Gasteiger partial charge in [-0.05, 0) is 18.2 Å². The van der Waals surface area contributed by atoms with Gasteiger partial charge in [0, 0.05) is 5.02 Å². The number of sulfonamides is 2. The molecular formula is C8H10ClNO4S2. The summed E-state index contributed by atoms with van der Waals surface area (Å²) in [5, 5.41) is 0.259. The highest BCUT2D eigenvalue weighted by Gasteiger charge is 2.27. The van der Waals surface area contributed by atoms with Crippen LogP contribution in [-0.2, 0) is 20.0 Å². The molecule has 0 aromatic heterocycles. The van der Waals surface area contributed by atoms with E-state index in [-0.39, 0.29) is 10.7 Å². The van der Waals surface area contributed by atoms with E-state index < -0.39 is 20.0 Å². The molecule has 1 aromatic carbocycles. The average molecular weight is 284 g/mol. The lowest BCUT2D eigenvalue weighted by Crippen LogP contribution is -2.35. The Morgan fingerprint density at radius 1 is 1.06 bits per heavy atom. The second-order valence-electron chi connectivity index (χ2n) is 3.20. The maximum Gasteiger partial charge on any atom is 0.245 e. The summed E-state index contributed by atoms with van der Waals surface area (Å²) in [6, 6.07) is 5.62. The molecule has 0 N–H and O–H groups in total. The van der Waals surface area contributed by atoms with E-state index in [9.17, 15) is 16.8 Å². The van der Waals surface area contributed by atoms with Gasteiger partial charge in [-0.1, -0.05) is 17.7 Å². The maximum atomic E-state index is 11.4. The van der Waals surface area contributed by atoms with E-state index in [0.29, 0.717) is 3.71 Å². The van der Waals surface area contributed by atoms with Gasteiger partial charge < -0.3 is 0 Å². The zero-order valence-electron chi connectivity index (χ0n) is 8.58. The lowest BCUT2D eigenvalue weighted by atomic mass is 10.3. The smallest absolute Gasteiger partial charge is 0.206 e. The number of hydrogen-bond donors (Lipinski definition) is 0. The summed E-state index contributed by atoms with van der Waals surface area (Å²) in [5.74, 6) is 0. The van der Waals surface area contributed by atoms with E-state index in [1.54, 1.807) is 0 Å². The van der Waals surface area contributed by atoms with E-state index in [0.717, 1.165) is 12.5 Å². The van der Waals surface area contributed by atoms with Gasteiger partial charge in [0.05, 0.1) is 18.2 Å². The van der Waals surface area contributed by atoms with Crippen molar-refractivity contribution in [1.29, 1.82) is 0 Å². The molecule has 0 saturated carbocycles. The molecular weight excluding hydrogens is 274 g/mol. The molecule has 0 aliphatic rings. The average Bonchev–Trinajstić information content (AvgIpc) is 1.97. The lowest BCUT2D eigenvalue weighted by molar-refractivity contribution is 0.591. The van der Waals surface area contributed by atoms with Crippen molar-refractivity contribution in [3.05, 3.63) is 29.3 Å². The lowest BCUT2D eigenvalue weighted by Gasteiger charge is -2.19. The van der Waals surface area contributed by atoms with Gasteiger partial charge in [-0.3, -0.25) is 0 Å². The van der Waals surface area contributed by atoms with Gasteiger partial charge in [-0.15, -0.1) is 0 Å². The molecule has 0 heterocycles. The molecule has 0 spiro atoms. The Morgan fingerprint density at radius 2 is 1.56 bits per heavy atom. The molecule has 0 fully saturated rings. The number of rotatable bonds is 3. The molecule has 0 saturated heterocycles. The van der Waals surface area contributed by atoms with Crippen LogP contribution in [0.2, 0.25) is 5.02 Å². The molecule has 0 radical (unpaired) electrons. The van der Waals surface area contributed by atoms with Crippen LogP contribution in [0.1, 0.15) is 0 Å². The summed E-state index contributed by atoms with van der Waals surface area (Å²) in [4.78, 5) is 0. The first-order valence-electron chi connectivity index (χ1n) is 4.08. The topological polar surface area (TPSA) is 71.5 Å². The van der Waals surface area contributed by atoms with Gasteiger partial charge in [0.25, 0.3) is 0 Å². The fraction of sp³-hybridized carbons (Fsp3) is 0.250. The van der Waals surface area contributed by atoms with Crippen LogP contribution in [0.15, 0.2) is 24.3 Å². The minimum Gasteiger partial charge on any atom is -0.206 e. The third kappa shape index (κ3) is 3.10. The SMILES string of the molecule is CS(=O)(=O)N(c1cccc(Cl)c1)S(C)(=O)=O. The van der Waals surface area contributed by atoms with Gasteiger partial charge >= 0.3 is 0 Å².